The number of carbonyl (C=O) groups excluding carboxylic acids is 1. The maximum absolute atomic E-state index is 11.9. The van der Waals surface area contributed by atoms with E-state index in [-0.39, 0.29) is 29.3 Å². The summed E-state index contributed by atoms with van der Waals surface area (Å²) in [6.45, 7) is 0.423. The van der Waals surface area contributed by atoms with Gasteiger partial charge in [0.05, 0.1) is 4.90 Å². The molecule has 112 valence electrons. The molecular weight excluding hydrogens is 300 g/mol. The van der Waals surface area contributed by atoms with E-state index in [2.05, 4.69) is 5.32 Å². The highest BCUT2D eigenvalue weighted by atomic mass is 35.5. The summed E-state index contributed by atoms with van der Waals surface area (Å²) in [6, 6.07) is 6.00. The molecule has 2 rings (SSSR count). The quantitative estimate of drug-likeness (QED) is 0.847. The van der Waals surface area contributed by atoms with Gasteiger partial charge in [-0.2, -0.15) is 0 Å². The van der Waals surface area contributed by atoms with Crippen molar-refractivity contribution in [1.29, 1.82) is 0 Å². The predicted octanol–water partition coefficient (Wildman–Crippen LogP) is 0.979. The topological polar surface area (TPSA) is 89.3 Å². The highest BCUT2D eigenvalue weighted by molar-refractivity contribution is 7.90. The molecule has 1 atom stereocenters. The van der Waals surface area contributed by atoms with Crippen molar-refractivity contribution in [2.24, 2.45) is 11.7 Å². The maximum atomic E-state index is 11.9. The lowest BCUT2D eigenvalue weighted by Gasteiger charge is -2.11. The molecule has 1 unspecified atom stereocenters. The molecule has 0 aromatic heterocycles. The lowest BCUT2D eigenvalue weighted by atomic mass is 10.2. The second kappa shape index (κ2) is 6.56. The molecular formula is C13H19ClN2O3S. The fourth-order valence-electron chi connectivity index (χ4n) is 1.87. The summed E-state index contributed by atoms with van der Waals surface area (Å²) in [6.07, 6.45) is 3.37. The Morgan fingerprint density at radius 2 is 2.10 bits per heavy atom. The molecule has 1 aliphatic rings. The fraction of sp³-hybridized carbons (Fsp3) is 0.462. The summed E-state index contributed by atoms with van der Waals surface area (Å²) in [7, 11) is -3.30. The van der Waals surface area contributed by atoms with Crippen LogP contribution in [0.1, 0.15) is 23.2 Å². The SMILES string of the molecule is CS(=O)(=O)c1cccc(C(=O)NCC(N)C2CC2)c1.Cl. The normalized spacial score (nSPS) is 16.1. The monoisotopic (exact) mass is 318 g/mol. The molecule has 0 bridgehead atoms. The molecule has 20 heavy (non-hydrogen) atoms. The Bertz CT molecular complexity index is 585. The number of halogens is 1. The zero-order chi connectivity index (χ0) is 14.0. The van der Waals surface area contributed by atoms with Gasteiger partial charge in [-0.3, -0.25) is 4.79 Å². The van der Waals surface area contributed by atoms with Crippen LogP contribution in [0.5, 0.6) is 0 Å². The Morgan fingerprint density at radius 1 is 1.45 bits per heavy atom. The Morgan fingerprint density at radius 3 is 2.65 bits per heavy atom. The maximum Gasteiger partial charge on any atom is 0.251 e. The molecule has 0 heterocycles. The molecule has 0 radical (unpaired) electrons. The first kappa shape index (κ1) is 16.9. The molecule has 1 aromatic carbocycles. The van der Waals surface area contributed by atoms with Gasteiger partial charge in [-0.15, -0.1) is 12.4 Å². The van der Waals surface area contributed by atoms with E-state index in [4.69, 9.17) is 5.73 Å². The number of benzene rings is 1. The van der Waals surface area contributed by atoms with Crippen LogP contribution in [0, 0.1) is 5.92 Å². The number of nitrogens with one attached hydrogen (secondary N) is 1. The van der Waals surface area contributed by atoms with Gasteiger partial charge in [-0.1, -0.05) is 6.07 Å². The highest BCUT2D eigenvalue weighted by Crippen LogP contribution is 2.31. The second-order valence-electron chi connectivity index (χ2n) is 5.01. The number of amides is 1. The molecule has 1 aliphatic carbocycles. The van der Waals surface area contributed by atoms with Crippen molar-refractivity contribution >= 4 is 28.2 Å². The van der Waals surface area contributed by atoms with E-state index in [1.54, 1.807) is 12.1 Å². The van der Waals surface area contributed by atoms with E-state index < -0.39 is 9.84 Å². The third-order valence-electron chi connectivity index (χ3n) is 3.25. The molecule has 1 amide bonds. The van der Waals surface area contributed by atoms with E-state index in [0.717, 1.165) is 19.1 Å². The third-order valence-corrected chi connectivity index (χ3v) is 4.36. The summed E-state index contributed by atoms with van der Waals surface area (Å²) in [5.74, 6) is 0.226. The predicted molar refractivity (Wildman–Crippen MR) is 79.8 cm³/mol. The van der Waals surface area contributed by atoms with Gasteiger partial charge < -0.3 is 11.1 Å². The van der Waals surface area contributed by atoms with Gasteiger partial charge in [0.2, 0.25) is 0 Å². The smallest absolute Gasteiger partial charge is 0.251 e. The molecule has 7 heteroatoms. The van der Waals surface area contributed by atoms with Crippen molar-refractivity contribution in [3.05, 3.63) is 29.8 Å². The first-order valence-electron chi connectivity index (χ1n) is 6.22. The molecule has 1 aromatic rings. The third kappa shape index (κ3) is 4.47. The minimum atomic E-state index is -3.30. The number of carbonyl (C=O) groups is 1. The summed E-state index contributed by atoms with van der Waals surface area (Å²) >= 11 is 0. The Balaban J connectivity index is 0.00000200. The van der Waals surface area contributed by atoms with Gasteiger partial charge in [-0.25, -0.2) is 8.42 Å². The Hall–Kier alpha value is -1.11. The summed E-state index contributed by atoms with van der Waals surface area (Å²) in [4.78, 5) is 12.1. The van der Waals surface area contributed by atoms with Gasteiger partial charge >= 0.3 is 0 Å². The first-order valence-corrected chi connectivity index (χ1v) is 8.11. The number of sulfone groups is 1. The van der Waals surface area contributed by atoms with Crippen LogP contribution in [-0.2, 0) is 9.84 Å². The van der Waals surface area contributed by atoms with Gasteiger partial charge in [0.15, 0.2) is 9.84 Å². The van der Waals surface area contributed by atoms with Crippen molar-refractivity contribution in [1.82, 2.24) is 5.32 Å². The van der Waals surface area contributed by atoms with Gasteiger partial charge in [0.1, 0.15) is 0 Å². The van der Waals surface area contributed by atoms with E-state index in [1.165, 1.54) is 12.1 Å². The van der Waals surface area contributed by atoms with Crippen LogP contribution in [0.3, 0.4) is 0 Å². The van der Waals surface area contributed by atoms with Crippen LogP contribution in [0.2, 0.25) is 0 Å². The standard InChI is InChI=1S/C13H18N2O3S.ClH/c1-19(17,18)11-4-2-3-10(7-11)13(16)15-8-12(14)9-5-6-9;/h2-4,7,9,12H,5-6,8,14H2,1H3,(H,15,16);1H. The van der Waals surface area contributed by atoms with E-state index in [0.29, 0.717) is 18.0 Å². The van der Waals surface area contributed by atoms with Crippen LogP contribution in [0.15, 0.2) is 29.2 Å². The van der Waals surface area contributed by atoms with E-state index in [1.807, 2.05) is 0 Å². The van der Waals surface area contributed by atoms with Crippen LogP contribution < -0.4 is 11.1 Å². The average molecular weight is 319 g/mol. The van der Waals surface area contributed by atoms with Crippen molar-refractivity contribution in [2.45, 2.75) is 23.8 Å². The van der Waals surface area contributed by atoms with Crippen LogP contribution >= 0.6 is 12.4 Å². The summed E-state index contributed by atoms with van der Waals surface area (Å²) in [5, 5.41) is 2.74. The fourth-order valence-corrected chi connectivity index (χ4v) is 2.54. The lowest BCUT2D eigenvalue weighted by molar-refractivity contribution is 0.0950. The Labute approximate surface area is 125 Å². The number of nitrogens with two attached hydrogens (primary N) is 1. The van der Waals surface area contributed by atoms with Gasteiger partial charge in [0.25, 0.3) is 5.91 Å². The zero-order valence-electron chi connectivity index (χ0n) is 11.2. The molecule has 0 saturated heterocycles. The molecule has 0 aliphatic heterocycles. The molecule has 1 fully saturated rings. The Kier molecular flexibility index (Phi) is 5.56. The van der Waals surface area contributed by atoms with Crippen molar-refractivity contribution < 1.29 is 13.2 Å². The highest BCUT2D eigenvalue weighted by Gasteiger charge is 2.28. The molecule has 3 N–H and O–H groups in total. The van der Waals surface area contributed by atoms with Crippen molar-refractivity contribution in [3.8, 4) is 0 Å². The second-order valence-corrected chi connectivity index (χ2v) is 7.03. The number of rotatable bonds is 5. The van der Waals surface area contributed by atoms with Crippen LogP contribution in [0.4, 0.5) is 0 Å². The van der Waals surface area contributed by atoms with E-state index >= 15 is 0 Å². The molecule has 5 nitrogen and oxygen atoms in total. The lowest BCUT2D eigenvalue weighted by Crippen LogP contribution is -2.38. The summed E-state index contributed by atoms with van der Waals surface area (Å²) < 4.78 is 22.8. The van der Waals surface area contributed by atoms with Crippen LogP contribution in [0.25, 0.3) is 0 Å². The summed E-state index contributed by atoms with van der Waals surface area (Å²) in [5.41, 5.74) is 6.23. The van der Waals surface area contributed by atoms with Gasteiger partial charge in [0, 0.05) is 24.4 Å². The minimum absolute atomic E-state index is 0. The number of hydrogen-bond acceptors (Lipinski definition) is 4. The van der Waals surface area contributed by atoms with Gasteiger partial charge in [-0.05, 0) is 37.0 Å². The van der Waals surface area contributed by atoms with Crippen molar-refractivity contribution in [3.63, 3.8) is 0 Å². The first-order chi connectivity index (χ1) is 8.88. The zero-order valence-corrected chi connectivity index (χ0v) is 12.8. The minimum Gasteiger partial charge on any atom is -0.350 e. The van der Waals surface area contributed by atoms with Crippen molar-refractivity contribution in [2.75, 3.05) is 12.8 Å². The average Bonchev–Trinajstić information content (AvgIpc) is 3.19. The van der Waals surface area contributed by atoms with Crippen LogP contribution in [-0.4, -0.2) is 33.2 Å². The molecule has 1 saturated carbocycles. The largest absolute Gasteiger partial charge is 0.350 e. The number of hydrogen-bond donors (Lipinski definition) is 2. The molecule has 0 spiro atoms. The van der Waals surface area contributed by atoms with E-state index in [9.17, 15) is 13.2 Å².